The smallest absolute Gasteiger partial charge is 0.306 e. The topological polar surface area (TPSA) is 283 Å². The summed E-state index contributed by atoms with van der Waals surface area (Å²) in [7, 11) is 0. The molecule has 250 valence electrons. The second-order valence-electron chi connectivity index (χ2n) is 11.8. The molecule has 0 radical (unpaired) electrons. The highest BCUT2D eigenvalue weighted by Gasteiger charge is 2.50. The Balaban J connectivity index is 1.51. The normalized spacial score (nSPS) is 26.6. The van der Waals surface area contributed by atoms with E-state index in [0.29, 0.717) is 0 Å². The van der Waals surface area contributed by atoms with Crippen molar-refractivity contribution in [2.75, 3.05) is 0 Å². The number of aliphatic hydroxyl groups is 2. The Bertz CT molecular complexity index is 1840. The van der Waals surface area contributed by atoms with Crippen molar-refractivity contribution >= 4 is 35.1 Å². The van der Waals surface area contributed by atoms with E-state index >= 15 is 0 Å². The Kier molecular flexibility index (Phi) is 7.51. The Hall–Kier alpha value is -5.42. The molecule has 0 saturated heterocycles. The van der Waals surface area contributed by atoms with Gasteiger partial charge in [-0.05, 0) is 26.0 Å². The fraction of sp³-hybridized carbons (Fsp3) is 0.312. The van der Waals surface area contributed by atoms with Crippen LogP contribution in [0.5, 0.6) is 23.0 Å². The number of carboxylic acids is 2. The molecule has 6 atom stereocenters. The molecule has 0 fully saturated rings. The fourth-order valence-corrected chi connectivity index (χ4v) is 6.90. The van der Waals surface area contributed by atoms with Gasteiger partial charge in [0.05, 0.1) is 59.5 Å². The van der Waals surface area contributed by atoms with Gasteiger partial charge in [-0.3, -0.25) is 28.8 Å². The number of phenolic OH excluding ortho intramolecular Hbond substituents is 4. The van der Waals surface area contributed by atoms with E-state index in [1.807, 2.05) is 0 Å². The van der Waals surface area contributed by atoms with Gasteiger partial charge in [-0.2, -0.15) is 0 Å². The summed E-state index contributed by atoms with van der Waals surface area (Å²) in [5, 5.41) is 85.0. The lowest BCUT2D eigenvalue weighted by atomic mass is 9.74. The Morgan fingerprint density at radius 2 is 0.896 bits per heavy atom. The number of aliphatic carboxylic acids is 2. The number of phenols is 4. The molecule has 0 amide bonds. The van der Waals surface area contributed by atoms with Crippen molar-refractivity contribution < 1.29 is 79.1 Å². The number of carboxylic acid groups (broad SMARTS) is 2. The summed E-state index contributed by atoms with van der Waals surface area (Å²) in [6.45, 7) is 2.65. The molecule has 6 rings (SSSR count). The number of rotatable bonds is 5. The standard InChI is InChI=1S/C32H26O16/c1-7-17-21(27(41)13(47-7)5-15(35)36)31(45)23-19(29(17)43)11(33)3-9(25(23)39)10-4-12(34)20-24(26(10)40)32(46)22-18(30(20)44)8(2)48-14(28(22)42)6-16(37)38/h3-4,7-8,13-14,27-28,33-34,39-42H,5-6H2,1-2H3,(H,35,36)(H,37,38). The minimum Gasteiger partial charge on any atom is -0.507 e. The first-order valence-electron chi connectivity index (χ1n) is 14.4. The molecular formula is C32H26O16. The van der Waals surface area contributed by atoms with E-state index in [2.05, 4.69) is 0 Å². The third-order valence-corrected chi connectivity index (χ3v) is 8.93. The number of aliphatic hydroxyl groups excluding tert-OH is 2. The van der Waals surface area contributed by atoms with Crippen LogP contribution >= 0.6 is 0 Å². The molecule has 0 bridgehead atoms. The number of aromatic hydroxyl groups is 4. The highest BCUT2D eigenvalue weighted by molar-refractivity contribution is 6.32. The van der Waals surface area contributed by atoms with E-state index < -0.39 is 152 Å². The van der Waals surface area contributed by atoms with E-state index in [0.717, 1.165) is 12.1 Å². The van der Waals surface area contributed by atoms with Crippen LogP contribution in [0.1, 0.15) is 68.1 Å². The van der Waals surface area contributed by atoms with E-state index in [-0.39, 0.29) is 11.1 Å². The van der Waals surface area contributed by atoms with Crippen LogP contribution in [-0.2, 0) is 19.1 Å². The van der Waals surface area contributed by atoms with Crippen LogP contribution in [0.4, 0.5) is 0 Å². The average Bonchev–Trinajstić information content (AvgIpc) is 2.99. The van der Waals surface area contributed by atoms with Crippen LogP contribution in [-0.4, -0.2) is 113 Å². The van der Waals surface area contributed by atoms with E-state index in [1.165, 1.54) is 13.8 Å². The summed E-state index contributed by atoms with van der Waals surface area (Å²) in [5.41, 5.74) is -6.25. The predicted octanol–water partition coefficient (Wildman–Crippen LogP) is 0.773. The highest BCUT2D eigenvalue weighted by atomic mass is 16.5. The van der Waals surface area contributed by atoms with Gasteiger partial charge >= 0.3 is 11.9 Å². The Morgan fingerprint density at radius 1 is 0.583 bits per heavy atom. The molecule has 2 aliphatic heterocycles. The molecule has 8 N–H and O–H groups in total. The second-order valence-corrected chi connectivity index (χ2v) is 11.8. The van der Waals surface area contributed by atoms with Gasteiger partial charge in [0.2, 0.25) is 0 Å². The number of benzene rings is 2. The van der Waals surface area contributed by atoms with Crippen molar-refractivity contribution in [1.29, 1.82) is 0 Å². The number of fused-ring (bicyclic) bond motifs is 2. The van der Waals surface area contributed by atoms with Gasteiger partial charge < -0.3 is 50.3 Å². The monoisotopic (exact) mass is 666 g/mol. The van der Waals surface area contributed by atoms with Crippen LogP contribution in [0.15, 0.2) is 34.4 Å². The van der Waals surface area contributed by atoms with Crippen molar-refractivity contribution in [1.82, 2.24) is 0 Å². The van der Waals surface area contributed by atoms with Gasteiger partial charge in [0, 0.05) is 33.4 Å². The molecule has 6 unspecified atom stereocenters. The maximum Gasteiger partial charge on any atom is 0.306 e. The molecule has 0 spiro atoms. The maximum atomic E-state index is 13.8. The van der Waals surface area contributed by atoms with E-state index in [1.54, 1.807) is 0 Å². The van der Waals surface area contributed by atoms with Gasteiger partial charge in [0.1, 0.15) is 35.2 Å². The maximum absolute atomic E-state index is 13.8. The zero-order valence-corrected chi connectivity index (χ0v) is 24.9. The van der Waals surface area contributed by atoms with Gasteiger partial charge in [-0.1, -0.05) is 0 Å². The van der Waals surface area contributed by atoms with Crippen LogP contribution in [0.25, 0.3) is 11.1 Å². The molecule has 4 aliphatic rings. The number of ketones is 4. The van der Waals surface area contributed by atoms with Crippen LogP contribution in [0, 0.1) is 0 Å². The van der Waals surface area contributed by atoms with Crippen molar-refractivity contribution in [3.8, 4) is 34.1 Å². The molecule has 0 saturated carbocycles. The zero-order valence-electron chi connectivity index (χ0n) is 24.9. The first kappa shape index (κ1) is 32.5. The van der Waals surface area contributed by atoms with Crippen LogP contribution in [0.3, 0.4) is 0 Å². The number of carbonyl (C=O) groups is 6. The van der Waals surface area contributed by atoms with Crippen molar-refractivity contribution in [2.24, 2.45) is 0 Å². The average molecular weight is 667 g/mol. The number of carbonyl (C=O) groups excluding carboxylic acids is 4. The first-order valence-corrected chi connectivity index (χ1v) is 14.4. The Morgan fingerprint density at radius 3 is 1.21 bits per heavy atom. The fourth-order valence-electron chi connectivity index (χ4n) is 6.90. The summed E-state index contributed by atoms with van der Waals surface area (Å²) >= 11 is 0. The Labute approximate surface area is 268 Å². The minimum atomic E-state index is -1.94. The van der Waals surface area contributed by atoms with Crippen molar-refractivity contribution in [3.63, 3.8) is 0 Å². The van der Waals surface area contributed by atoms with E-state index in [4.69, 9.17) is 9.47 Å². The molecule has 0 aromatic heterocycles. The van der Waals surface area contributed by atoms with Crippen molar-refractivity contribution in [3.05, 3.63) is 56.7 Å². The van der Waals surface area contributed by atoms with Gasteiger partial charge in [-0.25, -0.2) is 0 Å². The summed E-state index contributed by atoms with van der Waals surface area (Å²) in [6.07, 6.45) is -10.7. The lowest BCUT2D eigenvalue weighted by Gasteiger charge is -2.37. The minimum absolute atomic E-state index is 0.378. The molecule has 48 heavy (non-hydrogen) atoms. The number of Topliss-reactive ketones (excluding diaryl/α,β-unsaturated/α-hetero) is 4. The van der Waals surface area contributed by atoms with Crippen molar-refractivity contribution in [2.45, 2.75) is 63.3 Å². The molecule has 2 aromatic carbocycles. The molecular weight excluding hydrogens is 640 g/mol. The third-order valence-electron chi connectivity index (χ3n) is 8.93. The summed E-state index contributed by atoms with van der Waals surface area (Å²) in [4.78, 5) is 77.4. The molecule has 2 aliphatic carbocycles. The number of ether oxygens (including phenoxy) is 2. The first-order chi connectivity index (χ1) is 22.5. The lowest BCUT2D eigenvalue weighted by molar-refractivity contribution is -0.145. The molecule has 2 heterocycles. The quantitative estimate of drug-likeness (QED) is 0.205. The number of hydrogen-bond donors (Lipinski definition) is 8. The molecule has 16 nitrogen and oxygen atoms in total. The highest BCUT2D eigenvalue weighted by Crippen LogP contribution is 2.51. The molecule has 16 heteroatoms. The predicted molar refractivity (Wildman–Crippen MR) is 155 cm³/mol. The lowest BCUT2D eigenvalue weighted by Crippen LogP contribution is -2.47. The summed E-state index contributed by atoms with van der Waals surface area (Å²) in [5.74, 6) is -11.1. The van der Waals surface area contributed by atoms with E-state index in [9.17, 15) is 69.6 Å². The van der Waals surface area contributed by atoms with Gasteiger partial charge in [0.15, 0.2) is 23.1 Å². The van der Waals surface area contributed by atoms with Crippen LogP contribution < -0.4 is 0 Å². The second kappa shape index (κ2) is 11.1. The van der Waals surface area contributed by atoms with Gasteiger partial charge in [-0.15, -0.1) is 0 Å². The molecule has 2 aromatic rings. The number of hydrogen-bond acceptors (Lipinski definition) is 14. The van der Waals surface area contributed by atoms with Crippen LogP contribution in [0.2, 0.25) is 0 Å². The SMILES string of the molecule is CC1OC(CC(=O)O)C(O)C2=C1C(=O)c1c(O)cc(-c3cc(O)c4c(c3O)C(=O)C3=C(C4=O)C(C)OC(CC(=O)O)C3O)c(O)c1C2=O. The summed E-state index contributed by atoms with van der Waals surface area (Å²) < 4.78 is 10.9. The third kappa shape index (κ3) is 4.52. The summed E-state index contributed by atoms with van der Waals surface area (Å²) in [6, 6.07) is 1.50. The zero-order chi connectivity index (χ0) is 35.3. The van der Waals surface area contributed by atoms with Gasteiger partial charge in [0.25, 0.3) is 0 Å². The largest absolute Gasteiger partial charge is 0.507 e.